The quantitative estimate of drug-likeness (QED) is 0.903. The van der Waals surface area contributed by atoms with Gasteiger partial charge in [0.2, 0.25) is 5.89 Å². The number of benzene rings is 1. The number of nitrogens with zero attached hydrogens (tertiary/aromatic N) is 2. The summed E-state index contributed by atoms with van der Waals surface area (Å²) in [6.07, 6.45) is -0.892. The van der Waals surface area contributed by atoms with Gasteiger partial charge in [-0.15, -0.1) is 10.2 Å². The molecule has 0 spiro atoms. The summed E-state index contributed by atoms with van der Waals surface area (Å²) in [7, 11) is -3.17. The van der Waals surface area contributed by atoms with Crippen LogP contribution in [0, 0.1) is 0 Å². The first-order valence-electron chi connectivity index (χ1n) is 5.97. The molecule has 0 aliphatic carbocycles. The Kier molecular flexibility index (Phi) is 3.53. The molecule has 2 heterocycles. The fraction of sp³-hybridized carbons (Fsp3) is 0.333. The third-order valence-electron chi connectivity index (χ3n) is 2.95. The smallest absolute Gasteiger partial charge is 0.277 e. The largest absolute Gasteiger partial charge is 0.411 e. The molecule has 20 heavy (non-hydrogen) atoms. The van der Waals surface area contributed by atoms with E-state index < -0.39 is 21.2 Å². The van der Waals surface area contributed by atoms with Crippen LogP contribution in [0.1, 0.15) is 0 Å². The standard InChI is InChI=1S/C12H12N2O4S2/c15-9-6-20(16,17)7-10(9)19-12-14-13-11(18-12)8-4-2-1-3-5-8/h1-5,9-10,15H,6-7H2/t9-,10+/m1/s1. The maximum atomic E-state index is 11.4. The van der Waals surface area contributed by atoms with Gasteiger partial charge in [-0.25, -0.2) is 8.42 Å². The van der Waals surface area contributed by atoms with Crippen LogP contribution in [-0.2, 0) is 9.84 Å². The van der Waals surface area contributed by atoms with E-state index in [1.165, 1.54) is 0 Å². The molecule has 2 atom stereocenters. The van der Waals surface area contributed by atoms with Gasteiger partial charge >= 0.3 is 0 Å². The highest BCUT2D eigenvalue weighted by Crippen LogP contribution is 2.31. The van der Waals surface area contributed by atoms with Crippen LogP contribution in [0.15, 0.2) is 40.0 Å². The van der Waals surface area contributed by atoms with E-state index in [4.69, 9.17) is 4.42 Å². The molecule has 8 heteroatoms. The Labute approximate surface area is 120 Å². The van der Waals surface area contributed by atoms with Gasteiger partial charge < -0.3 is 9.52 Å². The molecule has 3 rings (SSSR count). The summed E-state index contributed by atoms with van der Waals surface area (Å²) in [4.78, 5) is 0. The van der Waals surface area contributed by atoms with Crippen molar-refractivity contribution in [3.63, 3.8) is 0 Å². The van der Waals surface area contributed by atoms with E-state index in [0.29, 0.717) is 5.89 Å². The first-order valence-corrected chi connectivity index (χ1v) is 8.68. The Morgan fingerprint density at radius 2 is 1.95 bits per heavy atom. The third-order valence-corrected chi connectivity index (χ3v) is 6.03. The molecule has 6 nitrogen and oxygen atoms in total. The van der Waals surface area contributed by atoms with E-state index in [0.717, 1.165) is 17.3 Å². The van der Waals surface area contributed by atoms with Crippen LogP contribution in [0.2, 0.25) is 0 Å². The van der Waals surface area contributed by atoms with Gasteiger partial charge in [-0.1, -0.05) is 30.0 Å². The molecular weight excluding hydrogens is 300 g/mol. The molecular formula is C12H12N2O4S2. The minimum atomic E-state index is -3.17. The molecule has 1 aliphatic rings. The molecule has 0 bridgehead atoms. The number of aromatic nitrogens is 2. The topological polar surface area (TPSA) is 93.3 Å². The SMILES string of the molecule is O=S1(=O)C[C@@H](O)[C@@H](Sc2nnc(-c3ccccc3)o2)C1. The normalized spacial score (nSPS) is 24.9. The van der Waals surface area contributed by atoms with E-state index in [1.807, 2.05) is 30.3 Å². The van der Waals surface area contributed by atoms with Crippen molar-refractivity contribution in [3.8, 4) is 11.5 Å². The van der Waals surface area contributed by atoms with Crippen LogP contribution >= 0.6 is 11.8 Å². The zero-order chi connectivity index (χ0) is 14.2. The maximum Gasteiger partial charge on any atom is 0.277 e. The van der Waals surface area contributed by atoms with E-state index in [1.54, 1.807) is 0 Å². The lowest BCUT2D eigenvalue weighted by Gasteiger charge is -2.07. The van der Waals surface area contributed by atoms with Gasteiger partial charge in [0.25, 0.3) is 5.22 Å². The second-order valence-corrected chi connectivity index (χ2v) is 7.88. The van der Waals surface area contributed by atoms with Gasteiger partial charge in [-0.2, -0.15) is 0 Å². The molecule has 1 aliphatic heterocycles. The van der Waals surface area contributed by atoms with Gasteiger partial charge in [-0.05, 0) is 12.1 Å². The van der Waals surface area contributed by atoms with Crippen LogP contribution in [-0.4, -0.2) is 46.6 Å². The zero-order valence-electron chi connectivity index (χ0n) is 10.3. The van der Waals surface area contributed by atoms with Crippen LogP contribution < -0.4 is 0 Å². The van der Waals surface area contributed by atoms with Crippen molar-refractivity contribution in [2.45, 2.75) is 16.6 Å². The molecule has 1 aromatic heterocycles. The predicted molar refractivity (Wildman–Crippen MR) is 74.0 cm³/mol. The predicted octanol–water partition coefficient (Wildman–Crippen LogP) is 0.987. The first kappa shape index (κ1) is 13.6. The first-order chi connectivity index (χ1) is 9.53. The number of thioether (sulfide) groups is 1. The van der Waals surface area contributed by atoms with Crippen molar-refractivity contribution in [1.82, 2.24) is 10.2 Å². The van der Waals surface area contributed by atoms with E-state index in [2.05, 4.69) is 10.2 Å². The molecule has 1 aromatic carbocycles. The molecule has 0 saturated carbocycles. The molecule has 1 saturated heterocycles. The van der Waals surface area contributed by atoms with Crippen LogP contribution in [0.25, 0.3) is 11.5 Å². The van der Waals surface area contributed by atoms with E-state index in [-0.39, 0.29) is 16.7 Å². The minimum absolute atomic E-state index is 0.0676. The fourth-order valence-electron chi connectivity index (χ4n) is 1.99. The highest BCUT2D eigenvalue weighted by atomic mass is 32.2. The molecule has 0 radical (unpaired) electrons. The summed E-state index contributed by atoms with van der Waals surface area (Å²) < 4.78 is 28.3. The lowest BCUT2D eigenvalue weighted by Crippen LogP contribution is -2.19. The van der Waals surface area contributed by atoms with E-state index >= 15 is 0 Å². The lowest BCUT2D eigenvalue weighted by atomic mass is 10.2. The summed E-state index contributed by atoms with van der Waals surface area (Å²) in [5.74, 6) is 0.107. The number of sulfone groups is 1. The van der Waals surface area contributed by atoms with Crippen molar-refractivity contribution in [2.24, 2.45) is 0 Å². The Hall–Kier alpha value is -1.38. The van der Waals surface area contributed by atoms with E-state index in [9.17, 15) is 13.5 Å². The Balaban J connectivity index is 1.75. The van der Waals surface area contributed by atoms with Gasteiger partial charge in [0, 0.05) is 5.56 Å². The van der Waals surface area contributed by atoms with Crippen LogP contribution in [0.5, 0.6) is 0 Å². The van der Waals surface area contributed by atoms with Crippen LogP contribution in [0.4, 0.5) is 0 Å². The molecule has 106 valence electrons. The summed E-state index contributed by atoms with van der Waals surface area (Å²) in [6.45, 7) is 0. The fourth-order valence-corrected chi connectivity index (χ4v) is 5.35. The highest BCUT2D eigenvalue weighted by molar-refractivity contribution is 8.01. The molecule has 2 aromatic rings. The summed E-state index contributed by atoms with van der Waals surface area (Å²) in [6, 6.07) is 9.29. The highest BCUT2D eigenvalue weighted by Gasteiger charge is 2.38. The monoisotopic (exact) mass is 312 g/mol. The van der Waals surface area contributed by atoms with Crippen molar-refractivity contribution in [3.05, 3.63) is 30.3 Å². The van der Waals surface area contributed by atoms with Crippen molar-refractivity contribution < 1.29 is 17.9 Å². The molecule has 1 fully saturated rings. The number of rotatable bonds is 3. The van der Waals surface area contributed by atoms with Gasteiger partial charge in [-0.3, -0.25) is 0 Å². The summed E-state index contributed by atoms with van der Waals surface area (Å²) in [5.41, 5.74) is 0.798. The molecule has 0 unspecified atom stereocenters. The Bertz CT molecular complexity index is 699. The van der Waals surface area contributed by atoms with Crippen molar-refractivity contribution >= 4 is 21.6 Å². The van der Waals surface area contributed by atoms with Gasteiger partial charge in [0.1, 0.15) is 0 Å². The average molecular weight is 312 g/mol. The number of aliphatic hydroxyl groups is 1. The summed E-state index contributed by atoms with van der Waals surface area (Å²) >= 11 is 1.11. The minimum Gasteiger partial charge on any atom is -0.411 e. The number of aliphatic hydroxyl groups excluding tert-OH is 1. The molecule has 1 N–H and O–H groups in total. The third kappa shape index (κ3) is 2.87. The second kappa shape index (κ2) is 5.19. The van der Waals surface area contributed by atoms with Crippen LogP contribution in [0.3, 0.4) is 0 Å². The Morgan fingerprint density at radius 1 is 1.20 bits per heavy atom. The number of hydrogen-bond donors (Lipinski definition) is 1. The number of hydrogen-bond acceptors (Lipinski definition) is 7. The van der Waals surface area contributed by atoms with Gasteiger partial charge in [0.15, 0.2) is 9.84 Å². The molecule has 0 amide bonds. The lowest BCUT2D eigenvalue weighted by molar-refractivity contribution is 0.207. The Morgan fingerprint density at radius 3 is 2.60 bits per heavy atom. The van der Waals surface area contributed by atoms with Crippen molar-refractivity contribution in [2.75, 3.05) is 11.5 Å². The summed E-state index contributed by atoms with van der Waals surface area (Å²) in [5, 5.41) is 17.3. The average Bonchev–Trinajstić information content (AvgIpc) is 2.96. The maximum absolute atomic E-state index is 11.4. The van der Waals surface area contributed by atoms with Gasteiger partial charge in [0.05, 0.1) is 22.9 Å². The second-order valence-electron chi connectivity index (χ2n) is 4.54. The zero-order valence-corrected chi connectivity index (χ0v) is 12.0. The van der Waals surface area contributed by atoms with Crippen molar-refractivity contribution in [1.29, 1.82) is 0 Å².